The minimum atomic E-state index is -1.93. The fourth-order valence-electron chi connectivity index (χ4n) is 16.7. The Morgan fingerprint density at radius 2 is 1.04 bits per heavy atom. The van der Waals surface area contributed by atoms with Gasteiger partial charge in [0.2, 0.25) is 94.5 Å². The number of rotatable bonds is 24. The number of fused-ring (bicyclic) bond motifs is 3. The first-order valence-corrected chi connectivity index (χ1v) is 46.0. The Hall–Kier alpha value is -13.5. The molecule has 3 saturated heterocycles. The average molecular weight is 1900 g/mol. The van der Waals surface area contributed by atoms with Gasteiger partial charge in [0, 0.05) is 95.6 Å². The third-order valence-corrected chi connectivity index (χ3v) is 25.0. The summed E-state index contributed by atoms with van der Waals surface area (Å²) in [4.78, 5) is 259. The maximum absolute atomic E-state index is 15.7. The molecular formula is C94H119F4N17O19S. The number of carboxylic acids is 1. The van der Waals surface area contributed by atoms with Gasteiger partial charge in [0.25, 0.3) is 0 Å². The first-order valence-electron chi connectivity index (χ1n) is 44.8. The van der Waals surface area contributed by atoms with E-state index in [1.54, 1.807) is 81.6 Å². The fourth-order valence-corrected chi connectivity index (χ4v) is 17.5. The van der Waals surface area contributed by atoms with Crippen LogP contribution in [0.2, 0.25) is 0 Å². The van der Waals surface area contributed by atoms with Crippen LogP contribution < -0.4 is 59.3 Å². The topological polar surface area (TPSA) is 523 Å². The number of nitrogens with one attached hydrogen (secondary N) is 10. The number of nitrogens with zero attached hydrogens (tertiary/aromatic N) is 5. The number of unbranched alkanes of at least 4 members (excludes halogenated alkanes) is 1. The number of phenols is 1. The Labute approximate surface area is 782 Å². The molecule has 0 unspecified atom stereocenters. The van der Waals surface area contributed by atoms with E-state index in [4.69, 9.17) is 11.5 Å². The second-order valence-corrected chi connectivity index (χ2v) is 36.0. The molecule has 0 saturated carbocycles. The number of hydrogen-bond acceptors (Lipinski definition) is 19. The molecule has 135 heavy (non-hydrogen) atoms. The number of carbonyl (C=O) groups excluding carboxylic acids is 16. The summed E-state index contributed by atoms with van der Waals surface area (Å²) in [5.41, 5.74) is 12.9. The van der Waals surface area contributed by atoms with Gasteiger partial charge in [-0.25, -0.2) is 17.6 Å². The van der Waals surface area contributed by atoms with Crippen LogP contribution in [-0.2, 0) is 114 Å². The van der Waals surface area contributed by atoms with Crippen molar-refractivity contribution >= 4 is 123 Å². The molecular weight excluding hydrogens is 1780 g/mol. The van der Waals surface area contributed by atoms with Crippen molar-refractivity contribution in [3.63, 3.8) is 0 Å². The summed E-state index contributed by atoms with van der Waals surface area (Å²) in [7, 11) is 3.61. The van der Waals surface area contributed by atoms with Crippen molar-refractivity contribution in [2.75, 3.05) is 52.3 Å². The molecule has 1 aromatic heterocycles. The van der Waals surface area contributed by atoms with Gasteiger partial charge in [-0.3, -0.25) is 81.5 Å². The number of thioether (sulfide) groups is 1. The second-order valence-electron chi connectivity index (χ2n) is 35.0. The van der Waals surface area contributed by atoms with Gasteiger partial charge in [0.15, 0.2) is 17.5 Å². The lowest BCUT2D eigenvalue weighted by Crippen LogP contribution is -2.63. The molecule has 0 aliphatic carbocycles. The normalized spacial score (nSPS) is 23.5. The minimum absolute atomic E-state index is 0.0527. The van der Waals surface area contributed by atoms with Crippen LogP contribution in [0.4, 0.5) is 17.6 Å². The number of nitrogens with two attached hydrogens (primary N) is 2. The van der Waals surface area contributed by atoms with Gasteiger partial charge < -0.3 is 99.0 Å². The highest BCUT2D eigenvalue weighted by atomic mass is 32.2. The Balaban J connectivity index is 1.14. The van der Waals surface area contributed by atoms with Crippen LogP contribution in [0.5, 0.6) is 5.75 Å². The number of H-pyrrole nitrogens is 1. The minimum Gasteiger partial charge on any atom is -0.508 e. The standard InChI is InChI=1S/C94H119F4N17O19S/c1-9-10-23-73-93(133)115-37-18-25-72(115)88(128)108-68(46-76(99)117)86(126)110-81(52(4)5)94(134)112(7)74(43-53-19-12-11-13-20-53)89(129)104-64(34-35-79(120)121)91(131)114-36-17-16-24-71(114)87(127)107-67(45-57-47-101-63-22-15-14-21-60(57)63)85(125)106-66(41-54-28-32-59(116)33-29-54)84(124)105-65(38-51(2)3)83(123)109-70(82(122)102-48-77(100)118)49-135-50-78(119)103-69(42-56-39-61(96)80(98)62(97)40-56)90(130)113(8)75(92(132)111(73)6)44-55-26-30-58(95)31-27-55/h11-15,19-22,26-33,39-40,47,51-52,64-75,81,101,116H,9-10,16-18,23-25,34-38,41-46,48-50H2,1-8H3,(H2,99,117)(H2,100,118)(H,102,122)(H,103,119)(H,104,129)(H,105,124)(H,106,125)(H,107,127)(H,108,128)(H,109,123)(H,110,126)(H,120,121)/t64-,65-,66-,67+,68-,69-,70-,71+,72+,73-,74-,75-,81+/m0/s1. The zero-order valence-corrected chi connectivity index (χ0v) is 77.2. The summed E-state index contributed by atoms with van der Waals surface area (Å²) in [6, 6.07) is 5.14. The van der Waals surface area contributed by atoms with Crippen molar-refractivity contribution < 1.29 is 109 Å². The molecule has 41 heteroatoms. The van der Waals surface area contributed by atoms with E-state index in [-0.39, 0.29) is 88.6 Å². The number of primary amides is 2. The van der Waals surface area contributed by atoms with Gasteiger partial charge in [-0.15, -0.1) is 11.8 Å². The van der Waals surface area contributed by atoms with Crippen molar-refractivity contribution in [3.05, 3.63) is 173 Å². The molecule has 0 radical (unpaired) electrons. The number of piperidine rings is 1. The van der Waals surface area contributed by atoms with E-state index in [0.29, 0.717) is 64.3 Å². The highest BCUT2D eigenvalue weighted by Crippen LogP contribution is 2.29. The Kier molecular flexibility index (Phi) is 38.6. The predicted molar refractivity (Wildman–Crippen MR) is 487 cm³/mol. The number of carbonyl (C=O) groups is 17. The van der Waals surface area contributed by atoms with Crippen LogP contribution in [0.3, 0.4) is 0 Å². The van der Waals surface area contributed by atoms with Crippen LogP contribution in [0.25, 0.3) is 10.9 Å². The summed E-state index contributed by atoms with van der Waals surface area (Å²) in [5, 5.41) is 44.7. The molecule has 0 bridgehead atoms. The van der Waals surface area contributed by atoms with Gasteiger partial charge in [-0.2, -0.15) is 0 Å². The number of aromatic hydroxyl groups is 1. The number of phenolic OH excluding ortho intramolecular Hbond substituents is 1. The number of para-hydroxylation sites is 1. The number of benzene rings is 5. The lowest BCUT2D eigenvalue weighted by atomic mass is 9.97. The molecule has 3 fully saturated rings. The fraction of sp³-hybridized carbons (Fsp3) is 0.479. The number of likely N-dealkylation sites (N-methyl/N-ethyl adjacent to an activating group) is 3. The summed E-state index contributed by atoms with van der Waals surface area (Å²) in [5.74, 6) is -26.3. The lowest BCUT2D eigenvalue weighted by molar-refractivity contribution is -0.152. The summed E-state index contributed by atoms with van der Waals surface area (Å²) < 4.78 is 59.8. The molecule has 16 N–H and O–H groups in total. The average Bonchev–Trinajstić information content (AvgIpc) is 1.76. The van der Waals surface area contributed by atoms with E-state index in [1.807, 2.05) is 0 Å². The Morgan fingerprint density at radius 1 is 0.511 bits per heavy atom. The SMILES string of the molecule is CCCC[C@H]1C(=O)N2CCC[C@@H]2C(=O)N[C@@H](CC(N)=O)C(=O)N[C@H](C(C)C)C(=O)N(C)[C@@H](Cc2ccccc2)C(=O)N[C@@H](CCC(=O)O)C(=O)N2CCCC[C@@H]2C(=O)N[C@H](Cc2c[nH]c3ccccc23)C(=O)N[C@@H](Cc2ccc(O)cc2)C(=O)N[C@@H](CC(C)C)C(=O)N[C@H](C(=O)NCC(N)=O)CSCC(=O)N[C@@H](Cc2cc(F)c(F)c(F)c2)C(=O)N(C)[C@@H](Cc2ccc(F)cc2)C(=O)N1C. The predicted octanol–water partition coefficient (Wildman–Crippen LogP) is 2.66. The number of aliphatic carboxylic acids is 1. The highest BCUT2D eigenvalue weighted by molar-refractivity contribution is 8.00. The molecule has 6 aromatic rings. The summed E-state index contributed by atoms with van der Waals surface area (Å²) in [6.07, 6.45) is -1.75. The van der Waals surface area contributed by atoms with E-state index >= 15 is 56.7 Å². The number of carboxylic acid groups (broad SMARTS) is 1. The van der Waals surface area contributed by atoms with Crippen LogP contribution in [0.15, 0.2) is 121 Å². The molecule has 728 valence electrons. The van der Waals surface area contributed by atoms with E-state index in [9.17, 15) is 52.6 Å². The van der Waals surface area contributed by atoms with Gasteiger partial charge >= 0.3 is 5.97 Å². The number of amides is 16. The van der Waals surface area contributed by atoms with Crippen molar-refractivity contribution in [3.8, 4) is 5.75 Å². The third kappa shape index (κ3) is 29.5. The van der Waals surface area contributed by atoms with E-state index < -0.39 is 270 Å². The summed E-state index contributed by atoms with van der Waals surface area (Å²) in [6.45, 7) is 7.18. The number of aromatic nitrogens is 1. The van der Waals surface area contributed by atoms with Crippen molar-refractivity contribution in [1.82, 2.24) is 77.3 Å². The Bertz CT molecular complexity index is 5270. The maximum atomic E-state index is 15.7. The molecule has 4 heterocycles. The largest absolute Gasteiger partial charge is 0.508 e. The van der Waals surface area contributed by atoms with Crippen molar-refractivity contribution in [1.29, 1.82) is 0 Å². The van der Waals surface area contributed by atoms with Crippen LogP contribution in [0.1, 0.15) is 139 Å². The second kappa shape index (κ2) is 49.5. The molecule has 3 aliphatic rings. The zero-order valence-electron chi connectivity index (χ0n) is 76.4. The number of halogens is 4. The highest BCUT2D eigenvalue weighted by Gasteiger charge is 2.46. The smallest absolute Gasteiger partial charge is 0.303 e. The molecule has 5 aromatic carbocycles. The van der Waals surface area contributed by atoms with Gasteiger partial charge in [0.1, 0.15) is 90.1 Å². The van der Waals surface area contributed by atoms with Gasteiger partial charge in [-0.05, 0) is 133 Å². The molecule has 13 atom stereocenters. The van der Waals surface area contributed by atoms with E-state index in [0.717, 1.165) is 43.7 Å². The monoisotopic (exact) mass is 1900 g/mol. The first kappa shape index (κ1) is 105. The zero-order chi connectivity index (χ0) is 98.8. The quantitative estimate of drug-likeness (QED) is 0.0306. The van der Waals surface area contributed by atoms with E-state index in [1.165, 1.54) is 64.3 Å². The van der Waals surface area contributed by atoms with E-state index in [2.05, 4.69) is 52.8 Å². The van der Waals surface area contributed by atoms with Crippen LogP contribution in [0, 0.1) is 35.1 Å². The molecule has 0 spiro atoms. The molecule has 36 nitrogen and oxygen atoms in total. The molecule has 16 amide bonds. The molecule has 3 aliphatic heterocycles. The van der Waals surface area contributed by atoms with Crippen LogP contribution in [-0.4, -0.2) is 271 Å². The van der Waals surface area contributed by atoms with Gasteiger partial charge in [-0.1, -0.05) is 120 Å². The third-order valence-electron chi connectivity index (χ3n) is 24.0. The molecule has 9 rings (SSSR count). The number of hydrogen-bond donors (Lipinski definition) is 14. The summed E-state index contributed by atoms with van der Waals surface area (Å²) >= 11 is 0.644. The van der Waals surface area contributed by atoms with Crippen molar-refractivity contribution in [2.45, 2.75) is 222 Å². The van der Waals surface area contributed by atoms with Crippen molar-refractivity contribution in [2.24, 2.45) is 23.3 Å². The maximum Gasteiger partial charge on any atom is 0.303 e. The van der Waals surface area contributed by atoms with Gasteiger partial charge in [0.05, 0.1) is 18.7 Å². The Morgan fingerprint density at radius 3 is 1.67 bits per heavy atom. The lowest BCUT2D eigenvalue weighted by Gasteiger charge is -2.38. The first-order chi connectivity index (χ1) is 64.1. The van der Waals surface area contributed by atoms with Crippen LogP contribution >= 0.6 is 11.8 Å². The number of aromatic amines is 1.